The number of hydrogen-bond donors (Lipinski definition) is 2. The molecule has 2 aromatic rings. The summed E-state index contributed by atoms with van der Waals surface area (Å²) in [6.07, 6.45) is 0.464. The predicted molar refractivity (Wildman–Crippen MR) is 117 cm³/mol. The molecule has 1 saturated heterocycles. The molecule has 3 N–H and O–H groups in total. The lowest BCUT2D eigenvalue weighted by atomic mass is 10.1. The molecule has 0 aliphatic carbocycles. The Balaban J connectivity index is 0.00000341. The number of carbonyl (C=O) groups is 3. The molecule has 9 heteroatoms. The van der Waals surface area contributed by atoms with Gasteiger partial charge >= 0.3 is 0 Å². The maximum atomic E-state index is 12.5. The molecule has 166 valence electrons. The number of nitrogens with one attached hydrogen (secondary N) is 1. The second kappa shape index (κ2) is 11.3. The van der Waals surface area contributed by atoms with E-state index in [4.69, 9.17) is 15.2 Å². The number of para-hydroxylation sites is 1. The summed E-state index contributed by atoms with van der Waals surface area (Å²) in [5, 5.41) is 2.60. The average molecular weight is 448 g/mol. The van der Waals surface area contributed by atoms with Gasteiger partial charge in [-0.1, -0.05) is 18.2 Å². The van der Waals surface area contributed by atoms with Crippen LogP contribution in [0.5, 0.6) is 11.5 Å². The van der Waals surface area contributed by atoms with Gasteiger partial charge in [-0.2, -0.15) is 0 Å². The molecule has 0 bridgehead atoms. The minimum Gasteiger partial charge on any atom is -0.457 e. The lowest BCUT2D eigenvalue weighted by Gasteiger charge is -2.22. The smallest absolute Gasteiger partial charge is 0.251 e. The monoisotopic (exact) mass is 447 g/mol. The van der Waals surface area contributed by atoms with E-state index in [-0.39, 0.29) is 30.8 Å². The molecule has 0 spiro atoms. The zero-order valence-electron chi connectivity index (χ0n) is 17.2. The van der Waals surface area contributed by atoms with Gasteiger partial charge in [0.05, 0.1) is 13.2 Å². The van der Waals surface area contributed by atoms with E-state index in [1.54, 1.807) is 31.4 Å². The van der Waals surface area contributed by atoms with Crippen molar-refractivity contribution in [2.75, 3.05) is 26.8 Å². The average Bonchev–Trinajstić information content (AvgIpc) is 3.18. The molecular weight excluding hydrogens is 422 g/mol. The largest absolute Gasteiger partial charge is 0.457 e. The van der Waals surface area contributed by atoms with Gasteiger partial charge in [0.1, 0.15) is 17.5 Å². The molecule has 1 aliphatic rings. The maximum Gasteiger partial charge on any atom is 0.251 e. The van der Waals surface area contributed by atoms with Gasteiger partial charge in [0.25, 0.3) is 5.91 Å². The number of benzene rings is 2. The number of likely N-dealkylation sites (tertiary alicyclic amines) is 1. The Morgan fingerprint density at radius 3 is 2.32 bits per heavy atom. The van der Waals surface area contributed by atoms with Gasteiger partial charge in [-0.15, -0.1) is 12.4 Å². The lowest BCUT2D eigenvalue weighted by Crippen LogP contribution is -2.47. The Hall–Kier alpha value is -3.10. The first-order chi connectivity index (χ1) is 14.5. The molecule has 8 nitrogen and oxygen atoms in total. The molecule has 2 aromatic carbocycles. The fraction of sp³-hybridized carbons (Fsp3) is 0.318. The van der Waals surface area contributed by atoms with Crippen LogP contribution < -0.4 is 15.8 Å². The second-order valence-electron chi connectivity index (χ2n) is 7.14. The SMILES string of the molecule is COCC1CC(C(N)=O)N(C(=O)CNC(=O)c2ccc(Oc3ccccc3)cc2)C1.Cl. The van der Waals surface area contributed by atoms with Crippen LogP contribution in [0.1, 0.15) is 16.8 Å². The van der Waals surface area contributed by atoms with Gasteiger partial charge in [0, 0.05) is 25.1 Å². The number of nitrogens with two attached hydrogens (primary N) is 1. The van der Waals surface area contributed by atoms with Gasteiger partial charge in [0.15, 0.2) is 0 Å². The second-order valence-corrected chi connectivity index (χ2v) is 7.14. The molecule has 2 atom stereocenters. The van der Waals surface area contributed by atoms with Crippen molar-refractivity contribution in [2.45, 2.75) is 12.5 Å². The predicted octanol–water partition coefficient (Wildman–Crippen LogP) is 1.98. The standard InChI is InChI=1S/C22H25N3O5.ClH/c1-29-14-15-11-19(21(23)27)25(13-15)20(26)12-24-22(28)16-7-9-18(10-8-16)30-17-5-3-2-4-6-17;/h2-10,15,19H,11-14H2,1H3,(H2,23,27)(H,24,28);1H. The van der Waals surface area contributed by atoms with Crippen molar-refractivity contribution in [3.63, 3.8) is 0 Å². The minimum absolute atomic E-state index is 0. The Labute approximate surface area is 187 Å². The summed E-state index contributed by atoms with van der Waals surface area (Å²) in [7, 11) is 1.57. The highest BCUT2D eigenvalue weighted by Crippen LogP contribution is 2.24. The molecule has 2 unspecified atom stereocenters. The summed E-state index contributed by atoms with van der Waals surface area (Å²) >= 11 is 0. The summed E-state index contributed by atoms with van der Waals surface area (Å²) in [6.45, 7) is 0.601. The van der Waals surface area contributed by atoms with E-state index >= 15 is 0 Å². The highest BCUT2D eigenvalue weighted by molar-refractivity contribution is 5.97. The van der Waals surface area contributed by atoms with Crippen molar-refractivity contribution in [2.24, 2.45) is 11.7 Å². The molecule has 1 heterocycles. The van der Waals surface area contributed by atoms with Gasteiger partial charge in [-0.25, -0.2) is 0 Å². The van der Waals surface area contributed by atoms with E-state index in [1.807, 2.05) is 30.3 Å². The van der Waals surface area contributed by atoms with E-state index < -0.39 is 17.9 Å². The molecule has 3 amide bonds. The number of methoxy groups -OCH3 is 1. The number of rotatable bonds is 8. The molecule has 31 heavy (non-hydrogen) atoms. The number of ether oxygens (including phenoxy) is 2. The van der Waals surface area contributed by atoms with Crippen molar-refractivity contribution in [1.29, 1.82) is 0 Å². The zero-order valence-corrected chi connectivity index (χ0v) is 18.0. The van der Waals surface area contributed by atoms with Crippen LogP contribution in [0.4, 0.5) is 0 Å². The molecule has 0 saturated carbocycles. The van der Waals surface area contributed by atoms with Crippen LogP contribution in [0.15, 0.2) is 54.6 Å². The van der Waals surface area contributed by atoms with Crippen LogP contribution in [-0.4, -0.2) is 55.5 Å². The quantitative estimate of drug-likeness (QED) is 0.642. The highest BCUT2D eigenvalue weighted by Gasteiger charge is 2.38. The third kappa shape index (κ3) is 6.44. The first-order valence-electron chi connectivity index (χ1n) is 9.67. The molecule has 0 radical (unpaired) electrons. The van der Waals surface area contributed by atoms with Crippen LogP contribution in [-0.2, 0) is 14.3 Å². The normalized spacial score (nSPS) is 17.5. The Bertz CT molecular complexity index is 892. The van der Waals surface area contributed by atoms with Crippen molar-refractivity contribution in [3.8, 4) is 11.5 Å². The number of halogens is 1. The molecule has 0 aromatic heterocycles. The van der Waals surface area contributed by atoms with Crippen LogP contribution in [0, 0.1) is 5.92 Å². The van der Waals surface area contributed by atoms with E-state index in [0.29, 0.717) is 36.6 Å². The fourth-order valence-electron chi connectivity index (χ4n) is 3.48. The number of hydrogen-bond acceptors (Lipinski definition) is 5. The topological polar surface area (TPSA) is 111 Å². The molecule has 3 rings (SSSR count). The Kier molecular flexibility index (Phi) is 8.84. The zero-order chi connectivity index (χ0) is 21.5. The summed E-state index contributed by atoms with van der Waals surface area (Å²) < 4.78 is 10.8. The van der Waals surface area contributed by atoms with E-state index in [1.165, 1.54) is 4.90 Å². The van der Waals surface area contributed by atoms with Crippen LogP contribution in [0.2, 0.25) is 0 Å². The third-order valence-corrected chi connectivity index (χ3v) is 4.93. The number of nitrogens with zero attached hydrogens (tertiary/aromatic N) is 1. The van der Waals surface area contributed by atoms with Crippen LogP contribution >= 0.6 is 12.4 Å². The van der Waals surface area contributed by atoms with Crippen molar-refractivity contribution >= 4 is 30.1 Å². The first-order valence-corrected chi connectivity index (χ1v) is 9.67. The maximum absolute atomic E-state index is 12.5. The molecular formula is C22H26ClN3O5. The third-order valence-electron chi connectivity index (χ3n) is 4.93. The Morgan fingerprint density at radius 2 is 1.71 bits per heavy atom. The van der Waals surface area contributed by atoms with Crippen molar-refractivity contribution in [3.05, 3.63) is 60.2 Å². The fourth-order valence-corrected chi connectivity index (χ4v) is 3.48. The van der Waals surface area contributed by atoms with Crippen LogP contribution in [0.25, 0.3) is 0 Å². The summed E-state index contributed by atoms with van der Waals surface area (Å²) in [5.41, 5.74) is 5.82. The van der Waals surface area contributed by atoms with E-state index in [0.717, 1.165) is 0 Å². The molecule has 1 aliphatic heterocycles. The molecule has 1 fully saturated rings. The highest BCUT2D eigenvalue weighted by atomic mass is 35.5. The van der Waals surface area contributed by atoms with Gasteiger partial charge in [-0.3, -0.25) is 14.4 Å². The summed E-state index contributed by atoms with van der Waals surface area (Å²) in [5.74, 6) is 0.0420. The Morgan fingerprint density at radius 1 is 1.06 bits per heavy atom. The number of primary amides is 1. The number of carbonyl (C=O) groups excluding carboxylic acids is 3. The first kappa shape index (κ1) is 24.2. The summed E-state index contributed by atoms with van der Waals surface area (Å²) in [6, 6.07) is 15.2. The van der Waals surface area contributed by atoms with Gasteiger partial charge in [-0.05, 0) is 42.8 Å². The van der Waals surface area contributed by atoms with Crippen molar-refractivity contribution < 1.29 is 23.9 Å². The number of amides is 3. The summed E-state index contributed by atoms with van der Waals surface area (Å²) in [4.78, 5) is 38.0. The van der Waals surface area contributed by atoms with Crippen LogP contribution in [0.3, 0.4) is 0 Å². The van der Waals surface area contributed by atoms with Crippen molar-refractivity contribution in [1.82, 2.24) is 10.2 Å². The minimum atomic E-state index is -0.677. The van der Waals surface area contributed by atoms with Gasteiger partial charge in [0.2, 0.25) is 11.8 Å². The van der Waals surface area contributed by atoms with Gasteiger partial charge < -0.3 is 25.4 Å². The van der Waals surface area contributed by atoms with E-state index in [2.05, 4.69) is 5.32 Å². The van der Waals surface area contributed by atoms with E-state index in [9.17, 15) is 14.4 Å². The lowest BCUT2D eigenvalue weighted by molar-refractivity contribution is -0.136.